The first-order chi connectivity index (χ1) is 8.67. The monoisotopic (exact) mass is 253 g/mol. The van der Waals surface area contributed by atoms with E-state index >= 15 is 0 Å². The van der Waals surface area contributed by atoms with Gasteiger partial charge in [-0.3, -0.25) is 4.79 Å². The summed E-state index contributed by atoms with van der Waals surface area (Å²) in [6, 6.07) is 6.02. The van der Waals surface area contributed by atoms with Crippen LogP contribution in [-0.4, -0.2) is 30.5 Å². The molecule has 0 heterocycles. The van der Waals surface area contributed by atoms with Crippen molar-refractivity contribution in [2.24, 2.45) is 0 Å². The fourth-order valence-corrected chi connectivity index (χ4v) is 1.70. The highest BCUT2D eigenvalue weighted by atomic mass is 19.1. The number of hydrogen-bond donors (Lipinski definition) is 0. The number of carbonyl (C=O) groups excluding carboxylic acids is 1. The molecule has 0 bridgehead atoms. The Hall–Kier alpha value is -1.58. The van der Waals surface area contributed by atoms with E-state index in [-0.39, 0.29) is 11.7 Å². The van der Waals surface area contributed by atoms with Crippen molar-refractivity contribution in [3.63, 3.8) is 0 Å². The van der Waals surface area contributed by atoms with Crippen molar-refractivity contribution in [1.29, 1.82) is 0 Å². The largest absolute Gasteiger partial charge is 0.493 e. The number of carbonyl (C=O) groups is 1. The van der Waals surface area contributed by atoms with Crippen LogP contribution in [0.15, 0.2) is 24.3 Å². The predicted molar refractivity (Wildman–Crippen MR) is 69.1 cm³/mol. The standard InChI is InChI=1S/C14H20FNO2/c1-3-16(4-2)14(17)9-6-10-18-13-8-5-7-12(15)11-13/h5,7-8,11H,3-4,6,9-10H2,1-2H3. The highest BCUT2D eigenvalue weighted by Gasteiger charge is 2.08. The molecule has 100 valence electrons. The van der Waals surface area contributed by atoms with Crippen molar-refractivity contribution < 1.29 is 13.9 Å². The van der Waals surface area contributed by atoms with E-state index in [1.165, 1.54) is 12.1 Å². The summed E-state index contributed by atoms with van der Waals surface area (Å²) in [5, 5.41) is 0. The number of halogens is 1. The Labute approximate surface area is 108 Å². The quantitative estimate of drug-likeness (QED) is 0.699. The topological polar surface area (TPSA) is 29.5 Å². The van der Waals surface area contributed by atoms with Gasteiger partial charge in [-0.15, -0.1) is 0 Å². The number of benzene rings is 1. The Bertz CT molecular complexity index is 378. The predicted octanol–water partition coefficient (Wildman–Crippen LogP) is 2.85. The number of rotatable bonds is 7. The number of ether oxygens (including phenoxy) is 1. The minimum atomic E-state index is -0.313. The molecule has 0 saturated heterocycles. The first-order valence-electron chi connectivity index (χ1n) is 6.33. The lowest BCUT2D eigenvalue weighted by atomic mass is 10.3. The molecule has 0 aliphatic rings. The van der Waals surface area contributed by atoms with Crippen LogP contribution in [0.25, 0.3) is 0 Å². The lowest BCUT2D eigenvalue weighted by Crippen LogP contribution is -2.30. The van der Waals surface area contributed by atoms with Crippen LogP contribution in [0.1, 0.15) is 26.7 Å². The normalized spacial score (nSPS) is 10.2. The number of nitrogens with zero attached hydrogens (tertiary/aromatic N) is 1. The van der Waals surface area contributed by atoms with Gasteiger partial charge < -0.3 is 9.64 Å². The van der Waals surface area contributed by atoms with Gasteiger partial charge in [-0.1, -0.05) is 6.07 Å². The van der Waals surface area contributed by atoms with Gasteiger partial charge in [0.2, 0.25) is 5.91 Å². The highest BCUT2D eigenvalue weighted by molar-refractivity contribution is 5.76. The average Bonchev–Trinajstić information content (AvgIpc) is 2.36. The zero-order chi connectivity index (χ0) is 13.4. The second-order valence-corrected chi connectivity index (χ2v) is 3.98. The summed E-state index contributed by atoms with van der Waals surface area (Å²) < 4.78 is 18.2. The van der Waals surface area contributed by atoms with Crippen LogP contribution in [0.2, 0.25) is 0 Å². The Kier molecular flexibility index (Phi) is 6.19. The molecule has 18 heavy (non-hydrogen) atoms. The van der Waals surface area contributed by atoms with Gasteiger partial charge in [-0.25, -0.2) is 4.39 Å². The molecule has 4 heteroatoms. The van der Waals surface area contributed by atoms with E-state index in [1.54, 1.807) is 17.0 Å². The van der Waals surface area contributed by atoms with Crippen LogP contribution >= 0.6 is 0 Å². The summed E-state index contributed by atoms with van der Waals surface area (Å²) >= 11 is 0. The maximum Gasteiger partial charge on any atom is 0.222 e. The molecule has 3 nitrogen and oxygen atoms in total. The molecule has 1 aromatic rings. The third kappa shape index (κ3) is 4.73. The minimum absolute atomic E-state index is 0.142. The van der Waals surface area contributed by atoms with E-state index in [1.807, 2.05) is 13.8 Å². The molecule has 1 rings (SSSR count). The molecule has 1 amide bonds. The first kappa shape index (κ1) is 14.5. The van der Waals surface area contributed by atoms with Gasteiger partial charge in [0.15, 0.2) is 0 Å². The van der Waals surface area contributed by atoms with Crippen LogP contribution in [-0.2, 0) is 4.79 Å². The molecule has 0 N–H and O–H groups in total. The Morgan fingerprint density at radius 1 is 1.33 bits per heavy atom. The van der Waals surface area contributed by atoms with Gasteiger partial charge >= 0.3 is 0 Å². The maximum atomic E-state index is 12.9. The fraction of sp³-hybridized carbons (Fsp3) is 0.500. The molecule has 0 spiro atoms. The van der Waals surface area contributed by atoms with Crippen LogP contribution in [0.4, 0.5) is 4.39 Å². The first-order valence-corrected chi connectivity index (χ1v) is 6.33. The molecule has 0 fully saturated rings. The summed E-state index contributed by atoms with van der Waals surface area (Å²) in [7, 11) is 0. The van der Waals surface area contributed by atoms with Crippen molar-refractivity contribution in [2.45, 2.75) is 26.7 Å². The summed E-state index contributed by atoms with van der Waals surface area (Å²) in [4.78, 5) is 13.5. The van der Waals surface area contributed by atoms with Gasteiger partial charge in [-0.2, -0.15) is 0 Å². The second-order valence-electron chi connectivity index (χ2n) is 3.98. The van der Waals surface area contributed by atoms with Crippen LogP contribution < -0.4 is 4.74 Å². The summed E-state index contributed by atoms with van der Waals surface area (Å²) in [6.45, 7) is 5.83. The second kappa shape index (κ2) is 7.69. The van der Waals surface area contributed by atoms with Gasteiger partial charge in [0.25, 0.3) is 0 Å². The van der Waals surface area contributed by atoms with Gasteiger partial charge in [0.05, 0.1) is 6.61 Å². The van der Waals surface area contributed by atoms with E-state index in [0.717, 1.165) is 13.1 Å². The zero-order valence-corrected chi connectivity index (χ0v) is 11.0. The maximum absolute atomic E-state index is 12.9. The van der Waals surface area contributed by atoms with Crippen LogP contribution in [0, 0.1) is 5.82 Å². The van der Waals surface area contributed by atoms with E-state index in [9.17, 15) is 9.18 Å². The smallest absolute Gasteiger partial charge is 0.222 e. The molecule has 0 aliphatic heterocycles. The van der Waals surface area contributed by atoms with Gasteiger partial charge in [0.1, 0.15) is 11.6 Å². The molecule has 0 aromatic heterocycles. The molecule has 0 radical (unpaired) electrons. The zero-order valence-electron chi connectivity index (χ0n) is 11.0. The fourth-order valence-electron chi connectivity index (χ4n) is 1.70. The SMILES string of the molecule is CCN(CC)C(=O)CCCOc1cccc(F)c1. The van der Waals surface area contributed by atoms with E-state index in [2.05, 4.69) is 0 Å². The lowest BCUT2D eigenvalue weighted by molar-refractivity contribution is -0.131. The molecule has 0 unspecified atom stereocenters. The molecule has 1 aromatic carbocycles. The third-order valence-corrected chi connectivity index (χ3v) is 2.72. The molecule has 0 aliphatic carbocycles. The molecular formula is C14H20FNO2. The molecule has 0 saturated carbocycles. The van der Waals surface area contributed by atoms with Gasteiger partial charge in [-0.05, 0) is 32.4 Å². The van der Waals surface area contributed by atoms with Crippen molar-refractivity contribution in [3.05, 3.63) is 30.1 Å². The molecular weight excluding hydrogens is 233 g/mol. The minimum Gasteiger partial charge on any atom is -0.493 e. The van der Waals surface area contributed by atoms with Crippen molar-refractivity contribution >= 4 is 5.91 Å². The average molecular weight is 253 g/mol. The van der Waals surface area contributed by atoms with E-state index < -0.39 is 0 Å². The van der Waals surface area contributed by atoms with Crippen molar-refractivity contribution in [3.8, 4) is 5.75 Å². The van der Waals surface area contributed by atoms with E-state index in [4.69, 9.17) is 4.74 Å². The third-order valence-electron chi connectivity index (χ3n) is 2.72. The summed E-state index contributed by atoms with van der Waals surface area (Å²) in [5.41, 5.74) is 0. The van der Waals surface area contributed by atoms with Crippen molar-refractivity contribution in [2.75, 3.05) is 19.7 Å². The van der Waals surface area contributed by atoms with Crippen molar-refractivity contribution in [1.82, 2.24) is 4.90 Å². The molecule has 0 atom stereocenters. The van der Waals surface area contributed by atoms with E-state index in [0.29, 0.717) is 25.2 Å². The Morgan fingerprint density at radius 2 is 2.06 bits per heavy atom. The lowest BCUT2D eigenvalue weighted by Gasteiger charge is -2.18. The summed E-state index contributed by atoms with van der Waals surface area (Å²) in [5.74, 6) is 0.333. The highest BCUT2D eigenvalue weighted by Crippen LogP contribution is 2.12. The number of hydrogen-bond acceptors (Lipinski definition) is 2. The summed E-state index contributed by atoms with van der Waals surface area (Å²) in [6.07, 6.45) is 1.11. The Balaban J connectivity index is 2.24. The number of amides is 1. The Morgan fingerprint density at radius 3 is 2.67 bits per heavy atom. The van der Waals surface area contributed by atoms with Gasteiger partial charge in [0, 0.05) is 25.6 Å². The van der Waals surface area contributed by atoms with Crippen LogP contribution in [0.5, 0.6) is 5.75 Å². The van der Waals surface area contributed by atoms with Crippen LogP contribution in [0.3, 0.4) is 0 Å².